The summed E-state index contributed by atoms with van der Waals surface area (Å²) < 4.78 is 17.1. The third-order valence-electron chi connectivity index (χ3n) is 5.28. The number of anilines is 1. The number of hydrogen-bond acceptors (Lipinski definition) is 3. The number of benzene rings is 1. The van der Waals surface area contributed by atoms with E-state index in [0.717, 1.165) is 17.5 Å². The minimum atomic E-state index is -0.420. The maximum absolute atomic E-state index is 13.9. The Balaban J connectivity index is 1.51. The summed E-state index contributed by atoms with van der Waals surface area (Å²) in [4.78, 5) is 31.7. The molecule has 0 N–H and O–H groups in total. The van der Waals surface area contributed by atoms with Crippen molar-refractivity contribution in [2.24, 2.45) is 0 Å². The van der Waals surface area contributed by atoms with E-state index in [2.05, 4.69) is 4.98 Å². The van der Waals surface area contributed by atoms with Crippen molar-refractivity contribution >= 4 is 28.3 Å². The lowest BCUT2D eigenvalue weighted by Crippen LogP contribution is -2.32. The first kappa shape index (κ1) is 16.7. The van der Waals surface area contributed by atoms with Crippen molar-refractivity contribution in [1.29, 1.82) is 0 Å². The van der Waals surface area contributed by atoms with E-state index < -0.39 is 5.82 Å². The number of fused-ring (bicyclic) bond motifs is 4. The zero-order valence-corrected chi connectivity index (χ0v) is 15.0. The molecule has 0 fully saturated rings. The van der Waals surface area contributed by atoms with E-state index in [0.29, 0.717) is 23.4 Å². The van der Waals surface area contributed by atoms with Gasteiger partial charge in [0.1, 0.15) is 17.2 Å². The third kappa shape index (κ3) is 2.51. The molecule has 0 atom stereocenters. The lowest BCUT2D eigenvalue weighted by atomic mass is 10.2. The summed E-state index contributed by atoms with van der Waals surface area (Å²) in [7, 11) is 0. The number of rotatable bonds is 3. The van der Waals surface area contributed by atoms with Crippen LogP contribution >= 0.6 is 0 Å². The van der Waals surface area contributed by atoms with Crippen molar-refractivity contribution in [2.75, 3.05) is 11.4 Å². The monoisotopic (exact) mass is 376 g/mol. The summed E-state index contributed by atoms with van der Waals surface area (Å²) in [5.74, 6) is 0.179. The molecule has 7 heteroatoms. The number of aryl methyl sites for hydroxylation is 1. The second-order valence-electron chi connectivity index (χ2n) is 6.88. The molecule has 1 amide bonds. The van der Waals surface area contributed by atoms with Crippen LogP contribution < -0.4 is 10.5 Å². The van der Waals surface area contributed by atoms with E-state index in [9.17, 15) is 14.0 Å². The Labute approximate surface area is 159 Å². The molecule has 0 unspecified atom stereocenters. The molecule has 3 aromatic heterocycles. The van der Waals surface area contributed by atoms with E-state index in [1.165, 1.54) is 16.7 Å². The fourth-order valence-corrected chi connectivity index (χ4v) is 3.94. The van der Waals surface area contributed by atoms with Gasteiger partial charge in [0.25, 0.3) is 5.56 Å². The van der Waals surface area contributed by atoms with Gasteiger partial charge >= 0.3 is 0 Å². The highest BCUT2D eigenvalue weighted by molar-refractivity contribution is 5.94. The molecule has 0 saturated heterocycles. The summed E-state index contributed by atoms with van der Waals surface area (Å²) in [6, 6.07) is 11.7. The van der Waals surface area contributed by atoms with Gasteiger partial charge in [-0.3, -0.25) is 14.5 Å². The number of carbonyl (C=O) groups is 1. The fourth-order valence-electron chi connectivity index (χ4n) is 3.94. The maximum atomic E-state index is 13.9. The molecule has 4 heterocycles. The van der Waals surface area contributed by atoms with Crippen molar-refractivity contribution < 1.29 is 9.18 Å². The van der Waals surface area contributed by atoms with Crippen LogP contribution in [0.5, 0.6) is 0 Å². The zero-order valence-electron chi connectivity index (χ0n) is 15.0. The number of carbonyl (C=O) groups excluding carboxylic acids is 1. The number of nitrogens with zero attached hydrogens (tertiary/aromatic N) is 4. The van der Waals surface area contributed by atoms with Crippen LogP contribution in [-0.2, 0) is 17.8 Å². The van der Waals surface area contributed by atoms with Gasteiger partial charge in [0.15, 0.2) is 0 Å². The maximum Gasteiger partial charge on any atom is 0.275 e. The van der Waals surface area contributed by atoms with Crippen LogP contribution in [0.15, 0.2) is 59.7 Å². The van der Waals surface area contributed by atoms with Gasteiger partial charge in [0.05, 0.1) is 11.0 Å². The normalized spacial score (nSPS) is 13.4. The second kappa shape index (κ2) is 6.30. The minimum Gasteiger partial charge on any atom is -0.310 e. The van der Waals surface area contributed by atoms with Crippen LogP contribution in [0.2, 0.25) is 0 Å². The quantitative estimate of drug-likeness (QED) is 0.552. The number of halogens is 1. The van der Waals surface area contributed by atoms with Crippen molar-refractivity contribution in [3.8, 4) is 0 Å². The van der Waals surface area contributed by atoms with Crippen LogP contribution in [0.4, 0.5) is 10.2 Å². The van der Waals surface area contributed by atoms with Gasteiger partial charge in [-0.05, 0) is 48.4 Å². The molecule has 1 aliphatic rings. The van der Waals surface area contributed by atoms with Gasteiger partial charge in [0.2, 0.25) is 5.91 Å². The zero-order chi connectivity index (χ0) is 19.3. The molecule has 6 nitrogen and oxygen atoms in total. The molecule has 0 spiro atoms. The predicted molar refractivity (Wildman–Crippen MR) is 104 cm³/mol. The first-order chi connectivity index (χ1) is 13.6. The Hall–Kier alpha value is -3.48. The molecule has 1 aliphatic heterocycles. The molecule has 4 aromatic rings. The van der Waals surface area contributed by atoms with Crippen LogP contribution in [0, 0.1) is 5.82 Å². The topological polar surface area (TPSA) is 59.6 Å². The van der Waals surface area contributed by atoms with Crippen molar-refractivity contribution in [1.82, 2.24) is 14.0 Å². The number of pyridine rings is 1. The lowest BCUT2D eigenvalue weighted by Gasteiger charge is -2.17. The van der Waals surface area contributed by atoms with Crippen molar-refractivity contribution in [3.05, 3.63) is 76.6 Å². The van der Waals surface area contributed by atoms with Gasteiger partial charge in [-0.25, -0.2) is 9.37 Å². The SMILES string of the molecule is O=C(CCn1c(=O)c2cccn2c2ccc(F)cc21)N1CCc2cccnc21. The standard InChI is InChI=1S/C21H17FN4O2/c22-15-5-6-16-18(13-15)25(21(28)17-4-2-10-24(16)17)12-8-19(27)26-11-7-14-3-1-9-23-20(14)26/h1-6,9-10,13H,7-8,11-12H2. The van der Waals surface area contributed by atoms with Gasteiger partial charge in [-0.15, -0.1) is 0 Å². The predicted octanol–water partition coefficient (Wildman–Crippen LogP) is 2.77. The summed E-state index contributed by atoms with van der Waals surface area (Å²) >= 11 is 0. The highest BCUT2D eigenvalue weighted by Gasteiger charge is 2.25. The van der Waals surface area contributed by atoms with Crippen molar-refractivity contribution in [3.63, 3.8) is 0 Å². The summed E-state index contributed by atoms with van der Waals surface area (Å²) in [6.07, 6.45) is 4.36. The van der Waals surface area contributed by atoms with Gasteiger partial charge < -0.3 is 8.97 Å². The molecule has 5 rings (SSSR count). The Morgan fingerprint density at radius 1 is 1.11 bits per heavy atom. The first-order valence-corrected chi connectivity index (χ1v) is 9.17. The molecule has 28 heavy (non-hydrogen) atoms. The minimum absolute atomic E-state index is 0.0934. The summed E-state index contributed by atoms with van der Waals surface area (Å²) in [5.41, 5.74) is 2.51. The number of aromatic nitrogens is 3. The lowest BCUT2D eigenvalue weighted by molar-refractivity contribution is -0.118. The van der Waals surface area contributed by atoms with E-state index in [1.807, 2.05) is 12.1 Å². The molecule has 0 radical (unpaired) electrons. The molecular formula is C21H17FN4O2. The smallest absolute Gasteiger partial charge is 0.275 e. The van der Waals surface area contributed by atoms with Gasteiger partial charge in [-0.1, -0.05) is 6.07 Å². The number of amides is 1. The highest BCUT2D eigenvalue weighted by Crippen LogP contribution is 2.25. The molecule has 0 aliphatic carbocycles. The van der Waals surface area contributed by atoms with Crippen LogP contribution in [0.25, 0.3) is 16.6 Å². The molecular weight excluding hydrogens is 359 g/mol. The van der Waals surface area contributed by atoms with Crippen LogP contribution in [0.1, 0.15) is 12.0 Å². The summed E-state index contributed by atoms with van der Waals surface area (Å²) in [6.45, 7) is 0.769. The van der Waals surface area contributed by atoms with Crippen LogP contribution in [0.3, 0.4) is 0 Å². The molecule has 1 aromatic carbocycles. The van der Waals surface area contributed by atoms with E-state index in [4.69, 9.17) is 0 Å². The third-order valence-corrected chi connectivity index (χ3v) is 5.28. The Morgan fingerprint density at radius 3 is 2.89 bits per heavy atom. The Morgan fingerprint density at radius 2 is 2.00 bits per heavy atom. The molecule has 0 bridgehead atoms. The first-order valence-electron chi connectivity index (χ1n) is 9.17. The van der Waals surface area contributed by atoms with Gasteiger partial charge in [0, 0.05) is 31.9 Å². The van der Waals surface area contributed by atoms with E-state index in [1.54, 1.807) is 39.9 Å². The van der Waals surface area contributed by atoms with Crippen LogP contribution in [-0.4, -0.2) is 26.4 Å². The Bertz CT molecular complexity index is 1290. The largest absolute Gasteiger partial charge is 0.310 e. The average molecular weight is 376 g/mol. The Kier molecular flexibility index (Phi) is 3.75. The average Bonchev–Trinajstić information content (AvgIpc) is 3.35. The molecule has 140 valence electrons. The highest BCUT2D eigenvalue weighted by atomic mass is 19.1. The second-order valence-corrected chi connectivity index (χ2v) is 6.88. The fraction of sp³-hybridized carbons (Fsp3) is 0.190. The van der Waals surface area contributed by atoms with Crippen molar-refractivity contribution in [2.45, 2.75) is 19.4 Å². The molecule has 0 saturated carbocycles. The summed E-state index contributed by atoms with van der Waals surface area (Å²) in [5, 5.41) is 0. The van der Waals surface area contributed by atoms with E-state index in [-0.39, 0.29) is 24.4 Å². The number of hydrogen-bond donors (Lipinski definition) is 0. The van der Waals surface area contributed by atoms with E-state index >= 15 is 0 Å². The van der Waals surface area contributed by atoms with Gasteiger partial charge in [-0.2, -0.15) is 0 Å².